The summed E-state index contributed by atoms with van der Waals surface area (Å²) in [5.41, 5.74) is 10.9. The van der Waals surface area contributed by atoms with E-state index in [-0.39, 0.29) is 5.97 Å². The van der Waals surface area contributed by atoms with Gasteiger partial charge in [-0.1, -0.05) is 0 Å². The SMILES string of the molecule is COC(=O)C(N)CCCN=C(N)[NH][Pb]. The number of hydrogen-bond donors (Lipinski definition) is 3. The normalized spacial score (nSPS) is 13.5. The van der Waals surface area contributed by atoms with E-state index in [0.717, 1.165) is 32.5 Å². The summed E-state index contributed by atoms with van der Waals surface area (Å²) in [6.45, 7) is 0.575. The molecule has 0 saturated heterocycles. The third-order valence-electron chi connectivity index (χ3n) is 1.59. The van der Waals surface area contributed by atoms with Crippen molar-refractivity contribution in [1.82, 2.24) is 3.13 Å². The molecule has 0 fully saturated rings. The molecule has 1 atom stereocenters. The van der Waals surface area contributed by atoms with Crippen molar-refractivity contribution in [3.05, 3.63) is 0 Å². The molecule has 0 bridgehead atoms. The van der Waals surface area contributed by atoms with E-state index in [0.29, 0.717) is 18.9 Å². The number of guanidine groups is 1. The molecule has 0 heterocycles. The molecule has 79 valence electrons. The molecule has 3 radical (unpaired) electrons. The van der Waals surface area contributed by atoms with Gasteiger partial charge in [-0.15, -0.1) is 0 Å². The van der Waals surface area contributed by atoms with Crippen molar-refractivity contribution in [3.63, 3.8) is 0 Å². The summed E-state index contributed by atoms with van der Waals surface area (Å²) < 4.78 is 7.31. The van der Waals surface area contributed by atoms with Crippen LogP contribution in [0, 0.1) is 0 Å². The first kappa shape index (κ1) is 13.6. The first-order chi connectivity index (χ1) is 6.61. The zero-order valence-electron chi connectivity index (χ0n) is 8.12. The molecule has 0 aromatic carbocycles. The number of ether oxygens (including phenoxy) is 1. The Morgan fingerprint density at radius 2 is 2.36 bits per heavy atom. The van der Waals surface area contributed by atoms with Gasteiger partial charge in [-0.05, 0) is 0 Å². The quantitative estimate of drug-likeness (QED) is 0.169. The van der Waals surface area contributed by atoms with Crippen molar-refractivity contribution in [2.24, 2.45) is 16.5 Å². The van der Waals surface area contributed by atoms with Crippen LogP contribution in [0.3, 0.4) is 0 Å². The van der Waals surface area contributed by atoms with E-state index in [4.69, 9.17) is 11.5 Å². The second kappa shape index (κ2) is 7.97. The van der Waals surface area contributed by atoms with Gasteiger partial charge in [0.15, 0.2) is 0 Å². The molecule has 5 N–H and O–H groups in total. The van der Waals surface area contributed by atoms with Gasteiger partial charge in [0.2, 0.25) is 0 Å². The molecule has 0 aromatic rings. The molecule has 0 aliphatic carbocycles. The summed E-state index contributed by atoms with van der Waals surface area (Å²) in [5.74, 6) is 0.0614. The zero-order chi connectivity index (χ0) is 11.0. The molecule has 0 aromatic heterocycles. The van der Waals surface area contributed by atoms with Crippen molar-refractivity contribution >= 4 is 38.0 Å². The van der Waals surface area contributed by atoms with E-state index in [1.165, 1.54) is 7.11 Å². The maximum absolute atomic E-state index is 10.9. The van der Waals surface area contributed by atoms with Crippen LogP contribution in [0.5, 0.6) is 0 Å². The molecular formula is C7H15N4O2Pb. The standard InChI is InChI=1S/C7H15N4O2.Pb/c1-13-6(12)5(8)3-2-4-11-7(9)10;/h5H,2-4,8H2,1H3,(H3-,9,10,11);/q-1;+1. The predicted octanol–water partition coefficient (Wildman–Crippen LogP) is -1.75. The first-order valence-electron chi connectivity index (χ1n) is 4.18. The van der Waals surface area contributed by atoms with E-state index >= 15 is 0 Å². The topological polar surface area (TPSA) is 103 Å². The van der Waals surface area contributed by atoms with Crippen molar-refractivity contribution in [2.45, 2.75) is 18.9 Å². The van der Waals surface area contributed by atoms with Crippen molar-refractivity contribution in [2.75, 3.05) is 13.7 Å². The Kier molecular flexibility index (Phi) is 7.76. The summed E-state index contributed by atoms with van der Waals surface area (Å²) in [6, 6.07) is -0.555. The van der Waals surface area contributed by atoms with Crippen LogP contribution in [0.4, 0.5) is 0 Å². The van der Waals surface area contributed by atoms with Crippen LogP contribution in [0.1, 0.15) is 12.8 Å². The molecule has 0 rings (SSSR count). The van der Waals surface area contributed by atoms with E-state index in [1.54, 1.807) is 0 Å². The van der Waals surface area contributed by atoms with Gasteiger partial charge < -0.3 is 0 Å². The summed E-state index contributed by atoms with van der Waals surface area (Å²) in [7, 11) is 1.32. The number of nitrogens with two attached hydrogens (primary N) is 2. The van der Waals surface area contributed by atoms with Gasteiger partial charge in [0.1, 0.15) is 0 Å². The average Bonchev–Trinajstić information content (AvgIpc) is 2.22. The zero-order valence-corrected chi connectivity index (χ0v) is 12.0. The number of carbonyl (C=O) groups excluding carboxylic acids is 1. The van der Waals surface area contributed by atoms with Crippen molar-refractivity contribution in [3.8, 4) is 0 Å². The van der Waals surface area contributed by atoms with Crippen LogP contribution in [0.15, 0.2) is 4.99 Å². The monoisotopic (exact) mass is 395 g/mol. The summed E-state index contributed by atoms with van der Waals surface area (Å²) in [5, 5.41) is 0. The Labute approximate surface area is 99.6 Å². The van der Waals surface area contributed by atoms with Crippen molar-refractivity contribution in [1.29, 1.82) is 0 Å². The number of nitrogens with zero attached hydrogens (tertiary/aromatic N) is 1. The Morgan fingerprint density at radius 1 is 1.71 bits per heavy atom. The van der Waals surface area contributed by atoms with Crippen LogP contribution in [-0.4, -0.2) is 57.7 Å². The molecule has 0 saturated carbocycles. The Balaban J connectivity index is 3.59. The summed E-state index contributed by atoms with van der Waals surface area (Å²) in [4.78, 5) is 14.9. The summed E-state index contributed by atoms with van der Waals surface area (Å²) >= 11 is 0.781. The second-order valence-electron chi connectivity index (χ2n) is 2.66. The van der Waals surface area contributed by atoms with E-state index in [1.807, 2.05) is 0 Å². The number of aliphatic imine (C=N–C) groups is 1. The number of hydrogen-bond acceptors (Lipinski definition) is 4. The minimum atomic E-state index is -0.555. The van der Waals surface area contributed by atoms with Gasteiger partial charge >= 0.3 is 99.6 Å². The molecule has 0 aliphatic rings. The predicted molar refractivity (Wildman–Crippen MR) is 54.6 cm³/mol. The molecule has 6 nitrogen and oxygen atoms in total. The molecule has 7 heteroatoms. The Hall–Kier alpha value is -0.378. The van der Waals surface area contributed by atoms with Gasteiger partial charge in [0, 0.05) is 0 Å². The Morgan fingerprint density at radius 3 is 2.86 bits per heavy atom. The Bertz CT molecular complexity index is 210. The van der Waals surface area contributed by atoms with Gasteiger partial charge in [0.25, 0.3) is 0 Å². The molecule has 0 spiro atoms. The summed E-state index contributed by atoms with van der Waals surface area (Å²) in [6.07, 6.45) is 1.28. The van der Waals surface area contributed by atoms with Gasteiger partial charge in [0.05, 0.1) is 0 Å². The number of rotatable bonds is 5. The molecular weight excluding hydrogens is 379 g/mol. The number of methoxy groups -OCH3 is 1. The molecule has 0 aliphatic heterocycles. The third-order valence-corrected chi connectivity index (χ3v) is 2.58. The van der Waals surface area contributed by atoms with Crippen LogP contribution in [-0.2, 0) is 9.53 Å². The van der Waals surface area contributed by atoms with Gasteiger partial charge in [-0.2, -0.15) is 0 Å². The van der Waals surface area contributed by atoms with Crippen molar-refractivity contribution < 1.29 is 9.53 Å². The third kappa shape index (κ3) is 6.13. The number of nitrogens with one attached hydrogen (secondary N) is 1. The molecule has 0 amide bonds. The van der Waals surface area contributed by atoms with Gasteiger partial charge in [-0.3, -0.25) is 0 Å². The van der Waals surface area contributed by atoms with E-state index in [2.05, 4.69) is 12.9 Å². The fourth-order valence-corrected chi connectivity index (χ4v) is 1.13. The van der Waals surface area contributed by atoms with Crippen LogP contribution < -0.4 is 14.6 Å². The number of carbonyl (C=O) groups is 1. The van der Waals surface area contributed by atoms with Crippen LogP contribution >= 0.6 is 0 Å². The maximum atomic E-state index is 10.9. The minimum absolute atomic E-state index is 0.386. The van der Waals surface area contributed by atoms with Crippen LogP contribution in [0.2, 0.25) is 0 Å². The van der Waals surface area contributed by atoms with Crippen LogP contribution in [0.25, 0.3) is 0 Å². The fraction of sp³-hybridized carbons (Fsp3) is 0.714. The van der Waals surface area contributed by atoms with Gasteiger partial charge in [-0.25, -0.2) is 0 Å². The average molecular weight is 394 g/mol. The van der Waals surface area contributed by atoms with E-state index in [9.17, 15) is 4.79 Å². The molecule has 1 unspecified atom stereocenters. The fourth-order valence-electron chi connectivity index (χ4n) is 0.819. The molecule has 14 heavy (non-hydrogen) atoms. The number of esters is 1. The second-order valence-corrected chi connectivity index (χ2v) is 3.64. The first-order valence-corrected chi connectivity index (χ1v) is 6.12. The van der Waals surface area contributed by atoms with E-state index < -0.39 is 6.04 Å².